The van der Waals surface area contributed by atoms with E-state index in [0.717, 1.165) is 13.0 Å². The van der Waals surface area contributed by atoms with Crippen LogP contribution in [0.1, 0.15) is 13.3 Å². The zero-order chi connectivity index (χ0) is 9.68. The van der Waals surface area contributed by atoms with E-state index in [0.29, 0.717) is 6.54 Å². The highest BCUT2D eigenvalue weighted by Gasteiger charge is 2.09. The van der Waals surface area contributed by atoms with E-state index < -0.39 is 0 Å². The second-order valence-corrected chi connectivity index (χ2v) is 3.02. The molecule has 0 bridgehead atoms. The lowest BCUT2D eigenvalue weighted by Gasteiger charge is -2.00. The van der Waals surface area contributed by atoms with Gasteiger partial charge in [0.05, 0.1) is 12.6 Å². The molecule has 72 valence electrons. The van der Waals surface area contributed by atoms with Gasteiger partial charge in [-0.25, -0.2) is 4.57 Å². The topological polar surface area (TPSA) is 41.9 Å². The lowest BCUT2D eigenvalue weighted by Crippen LogP contribution is -2.30. The van der Waals surface area contributed by atoms with Crippen LogP contribution in [0, 0.1) is 0 Å². The normalized spacial score (nSPS) is 12.8. The van der Waals surface area contributed by atoms with Gasteiger partial charge in [0.15, 0.2) is 0 Å². The molecule has 4 heteroatoms. The number of rotatable bonds is 5. The average molecular weight is 182 g/mol. The molecule has 0 unspecified atom stereocenters. The maximum absolute atomic E-state index is 9.36. The van der Waals surface area contributed by atoms with Gasteiger partial charge in [-0.2, -0.15) is 0 Å². The minimum absolute atomic E-state index is 0.308. The van der Waals surface area contributed by atoms with Gasteiger partial charge in [-0.15, -0.1) is 4.68 Å². The predicted molar refractivity (Wildman–Crippen MR) is 48.9 cm³/mol. The van der Waals surface area contributed by atoms with Gasteiger partial charge in [0, 0.05) is 5.10 Å². The largest absolute Gasteiger partial charge is 0.390 e. The summed E-state index contributed by atoms with van der Waals surface area (Å²) >= 11 is 0. The summed E-state index contributed by atoms with van der Waals surface area (Å²) in [5.41, 5.74) is 0. The minimum atomic E-state index is -0.308. The Labute approximate surface area is 78.1 Å². The molecule has 0 aliphatic carbocycles. The molecule has 0 aliphatic rings. The number of hydrogen-bond donors (Lipinski definition) is 1. The molecule has 0 amide bonds. The van der Waals surface area contributed by atoms with Crippen LogP contribution in [-0.2, 0) is 13.1 Å². The highest BCUT2D eigenvalue weighted by Crippen LogP contribution is 1.92. The third-order valence-electron chi connectivity index (χ3n) is 1.84. The van der Waals surface area contributed by atoms with Gasteiger partial charge < -0.3 is 5.11 Å². The lowest BCUT2D eigenvalue weighted by molar-refractivity contribution is -0.687. The molecule has 0 fully saturated rings. The van der Waals surface area contributed by atoms with E-state index in [1.165, 1.54) is 0 Å². The van der Waals surface area contributed by atoms with Crippen molar-refractivity contribution >= 4 is 0 Å². The summed E-state index contributed by atoms with van der Waals surface area (Å²) in [5.74, 6) is 0. The van der Waals surface area contributed by atoms with Crippen molar-refractivity contribution in [1.82, 2.24) is 9.78 Å². The first-order chi connectivity index (χ1) is 6.26. The third-order valence-corrected chi connectivity index (χ3v) is 1.84. The summed E-state index contributed by atoms with van der Waals surface area (Å²) in [4.78, 5) is 0. The van der Waals surface area contributed by atoms with Crippen molar-refractivity contribution in [2.24, 2.45) is 0 Å². The summed E-state index contributed by atoms with van der Waals surface area (Å²) in [7, 11) is 0. The Morgan fingerprint density at radius 3 is 3.15 bits per heavy atom. The summed E-state index contributed by atoms with van der Waals surface area (Å²) in [6.07, 6.45) is 5.84. The number of aliphatic hydroxyl groups excluding tert-OH is 1. The fourth-order valence-electron chi connectivity index (χ4n) is 1.05. The molecular formula is C9H16N3O+. The van der Waals surface area contributed by atoms with Crippen molar-refractivity contribution in [3.05, 3.63) is 25.3 Å². The summed E-state index contributed by atoms with van der Waals surface area (Å²) in [5, 5.41) is 13.5. The van der Waals surface area contributed by atoms with Crippen LogP contribution < -0.4 is 4.57 Å². The molecule has 1 atom stereocenters. The highest BCUT2D eigenvalue weighted by molar-refractivity contribution is 4.59. The molecule has 0 spiro atoms. The lowest BCUT2D eigenvalue weighted by atomic mass is 10.3. The summed E-state index contributed by atoms with van der Waals surface area (Å²) in [6, 6.07) is 0. The van der Waals surface area contributed by atoms with Crippen LogP contribution >= 0.6 is 0 Å². The van der Waals surface area contributed by atoms with Crippen LogP contribution in [-0.4, -0.2) is 21.0 Å². The molecule has 0 radical (unpaired) electrons. The van der Waals surface area contributed by atoms with E-state index in [1.807, 2.05) is 23.9 Å². The minimum Gasteiger partial charge on any atom is -0.390 e. The number of aliphatic hydroxyl groups is 1. The molecule has 0 aromatic carbocycles. The van der Waals surface area contributed by atoms with E-state index in [9.17, 15) is 5.11 Å². The zero-order valence-electron chi connectivity index (χ0n) is 7.93. The Balaban J connectivity index is 2.53. The summed E-state index contributed by atoms with van der Waals surface area (Å²) < 4.78 is 3.65. The number of aromatic nitrogens is 3. The molecule has 0 saturated heterocycles. The Hall–Kier alpha value is -1.16. The van der Waals surface area contributed by atoms with Crippen LogP contribution in [0.2, 0.25) is 0 Å². The SMILES string of the molecule is C=CC[n+]1cnn(C[C@@H](O)CC)c1. The van der Waals surface area contributed by atoms with E-state index in [2.05, 4.69) is 11.7 Å². The first kappa shape index (κ1) is 9.92. The maximum atomic E-state index is 9.36. The van der Waals surface area contributed by atoms with Crippen LogP contribution in [0.3, 0.4) is 0 Å². The molecule has 1 heterocycles. The van der Waals surface area contributed by atoms with Crippen molar-refractivity contribution in [3.8, 4) is 0 Å². The number of nitrogens with zero attached hydrogens (tertiary/aromatic N) is 3. The summed E-state index contributed by atoms with van der Waals surface area (Å²) in [6.45, 7) is 6.89. The molecule has 1 rings (SSSR count). The van der Waals surface area contributed by atoms with Crippen molar-refractivity contribution < 1.29 is 9.67 Å². The fraction of sp³-hybridized carbons (Fsp3) is 0.556. The Morgan fingerprint density at radius 2 is 2.54 bits per heavy atom. The van der Waals surface area contributed by atoms with Crippen molar-refractivity contribution in [1.29, 1.82) is 0 Å². The first-order valence-corrected chi connectivity index (χ1v) is 4.46. The van der Waals surface area contributed by atoms with Crippen molar-refractivity contribution in [2.75, 3.05) is 0 Å². The molecule has 1 aromatic heterocycles. The smallest absolute Gasteiger partial charge is 0.265 e. The van der Waals surface area contributed by atoms with Gasteiger partial charge in [0.2, 0.25) is 6.33 Å². The molecule has 0 saturated carbocycles. The van der Waals surface area contributed by atoms with Gasteiger partial charge in [-0.3, -0.25) is 0 Å². The van der Waals surface area contributed by atoms with E-state index in [1.54, 1.807) is 11.0 Å². The van der Waals surface area contributed by atoms with E-state index in [-0.39, 0.29) is 6.10 Å². The highest BCUT2D eigenvalue weighted by atomic mass is 16.3. The Kier molecular flexibility index (Phi) is 3.64. The average Bonchev–Trinajstić information content (AvgIpc) is 2.53. The van der Waals surface area contributed by atoms with Crippen molar-refractivity contribution in [2.45, 2.75) is 32.5 Å². The zero-order valence-corrected chi connectivity index (χ0v) is 7.93. The van der Waals surface area contributed by atoms with Crippen LogP contribution in [0.25, 0.3) is 0 Å². The van der Waals surface area contributed by atoms with Crippen LogP contribution in [0.4, 0.5) is 0 Å². The monoisotopic (exact) mass is 182 g/mol. The Bertz CT molecular complexity index is 270. The molecular weight excluding hydrogens is 166 g/mol. The quantitative estimate of drug-likeness (QED) is 0.519. The van der Waals surface area contributed by atoms with E-state index >= 15 is 0 Å². The van der Waals surface area contributed by atoms with E-state index in [4.69, 9.17) is 0 Å². The van der Waals surface area contributed by atoms with Crippen LogP contribution in [0.5, 0.6) is 0 Å². The van der Waals surface area contributed by atoms with Gasteiger partial charge >= 0.3 is 0 Å². The Morgan fingerprint density at radius 1 is 1.77 bits per heavy atom. The van der Waals surface area contributed by atoms with Gasteiger partial charge in [0.25, 0.3) is 6.33 Å². The standard InChI is InChI=1S/C9H16N3O/c1-3-5-11-7-10-12(8-11)6-9(13)4-2/h3,7-9,13H,1,4-6H2,2H3/q+1/t9-/m0/s1. The first-order valence-electron chi connectivity index (χ1n) is 4.46. The molecule has 13 heavy (non-hydrogen) atoms. The van der Waals surface area contributed by atoms with Crippen molar-refractivity contribution in [3.63, 3.8) is 0 Å². The number of hydrogen-bond acceptors (Lipinski definition) is 2. The van der Waals surface area contributed by atoms with Gasteiger partial charge in [0.1, 0.15) is 6.54 Å². The van der Waals surface area contributed by atoms with Gasteiger partial charge in [-0.1, -0.05) is 19.6 Å². The maximum Gasteiger partial charge on any atom is 0.265 e. The second-order valence-electron chi connectivity index (χ2n) is 3.02. The van der Waals surface area contributed by atoms with Crippen LogP contribution in [0.15, 0.2) is 25.3 Å². The second kappa shape index (κ2) is 4.77. The number of allylic oxidation sites excluding steroid dienone is 1. The third kappa shape index (κ3) is 2.99. The molecule has 1 N–H and O–H groups in total. The fourth-order valence-corrected chi connectivity index (χ4v) is 1.05. The molecule has 1 aromatic rings. The molecule has 0 aliphatic heterocycles. The van der Waals surface area contributed by atoms with Gasteiger partial charge in [-0.05, 0) is 6.42 Å². The predicted octanol–water partition coefficient (Wildman–Crippen LogP) is 0.127. The molecule has 4 nitrogen and oxygen atoms in total.